The molecule has 4 rings (SSSR count). The molecule has 2 heterocycles. The number of aromatic nitrogens is 2. The van der Waals surface area contributed by atoms with Gasteiger partial charge in [0.1, 0.15) is 5.01 Å². The SMILES string of the molecule is CC1(C)CCc2ccc(-c3ncc(-c4cccc(Br)c4)s3)nc2C1. The predicted octanol–water partition coefficient (Wildman–Crippen LogP) is 6.15. The number of nitrogens with zero attached hydrogens (tertiary/aromatic N) is 2. The zero-order valence-corrected chi connectivity index (χ0v) is 16.2. The van der Waals surface area contributed by atoms with Crippen molar-refractivity contribution < 1.29 is 0 Å². The Bertz CT molecular complexity index is 898. The minimum atomic E-state index is 0.350. The molecule has 0 saturated carbocycles. The van der Waals surface area contributed by atoms with Gasteiger partial charge in [0, 0.05) is 16.4 Å². The zero-order chi connectivity index (χ0) is 16.7. The van der Waals surface area contributed by atoms with Crippen LogP contribution in [0.5, 0.6) is 0 Å². The summed E-state index contributed by atoms with van der Waals surface area (Å²) in [6, 6.07) is 12.7. The largest absolute Gasteiger partial charge is 0.250 e. The van der Waals surface area contributed by atoms with E-state index < -0.39 is 0 Å². The lowest BCUT2D eigenvalue weighted by atomic mass is 9.76. The second-order valence-electron chi connectivity index (χ2n) is 7.18. The lowest BCUT2D eigenvalue weighted by Crippen LogP contribution is -2.23. The van der Waals surface area contributed by atoms with Crippen molar-refractivity contribution in [2.24, 2.45) is 5.41 Å². The Kier molecular flexibility index (Phi) is 4.05. The lowest BCUT2D eigenvalue weighted by molar-refractivity contribution is 0.311. The number of pyridine rings is 1. The maximum Gasteiger partial charge on any atom is 0.142 e. The molecule has 0 unspecified atom stereocenters. The van der Waals surface area contributed by atoms with Gasteiger partial charge in [0.05, 0.1) is 10.6 Å². The lowest BCUT2D eigenvalue weighted by Gasteiger charge is -2.30. The van der Waals surface area contributed by atoms with Crippen molar-refractivity contribution in [2.75, 3.05) is 0 Å². The third-order valence-electron chi connectivity index (χ3n) is 4.62. The second kappa shape index (κ2) is 6.08. The summed E-state index contributed by atoms with van der Waals surface area (Å²) in [5.41, 5.74) is 5.19. The van der Waals surface area contributed by atoms with Gasteiger partial charge in [-0.25, -0.2) is 4.98 Å². The van der Waals surface area contributed by atoms with Crippen molar-refractivity contribution in [1.82, 2.24) is 9.97 Å². The molecule has 0 N–H and O–H groups in total. The van der Waals surface area contributed by atoms with E-state index in [1.165, 1.54) is 28.1 Å². The smallest absolute Gasteiger partial charge is 0.142 e. The van der Waals surface area contributed by atoms with E-state index in [9.17, 15) is 0 Å². The molecule has 2 aromatic heterocycles. The molecule has 0 spiro atoms. The molecule has 0 amide bonds. The fraction of sp³-hybridized carbons (Fsp3) is 0.300. The predicted molar refractivity (Wildman–Crippen MR) is 104 cm³/mol. The first-order valence-corrected chi connectivity index (χ1v) is 9.82. The normalized spacial score (nSPS) is 16.0. The summed E-state index contributed by atoms with van der Waals surface area (Å²) in [5, 5.41) is 0.996. The van der Waals surface area contributed by atoms with Crippen LogP contribution in [-0.4, -0.2) is 9.97 Å². The quantitative estimate of drug-likeness (QED) is 0.517. The summed E-state index contributed by atoms with van der Waals surface area (Å²) in [4.78, 5) is 10.7. The third kappa shape index (κ3) is 3.17. The van der Waals surface area contributed by atoms with E-state index in [1.807, 2.05) is 12.3 Å². The summed E-state index contributed by atoms with van der Waals surface area (Å²) < 4.78 is 1.09. The van der Waals surface area contributed by atoms with Crippen LogP contribution < -0.4 is 0 Å². The summed E-state index contributed by atoms with van der Waals surface area (Å²) in [6.07, 6.45) is 5.38. The average molecular weight is 399 g/mol. The number of rotatable bonds is 2. The molecule has 1 aliphatic carbocycles. The Balaban J connectivity index is 1.68. The van der Waals surface area contributed by atoms with Crippen LogP contribution >= 0.6 is 27.3 Å². The molecule has 24 heavy (non-hydrogen) atoms. The van der Waals surface area contributed by atoms with Gasteiger partial charge in [0.15, 0.2) is 0 Å². The van der Waals surface area contributed by atoms with Crippen molar-refractivity contribution in [2.45, 2.75) is 33.1 Å². The number of halogens is 1. The minimum absolute atomic E-state index is 0.350. The topological polar surface area (TPSA) is 25.8 Å². The van der Waals surface area contributed by atoms with Gasteiger partial charge < -0.3 is 0 Å². The molecule has 0 bridgehead atoms. The van der Waals surface area contributed by atoms with Gasteiger partial charge in [-0.2, -0.15) is 0 Å². The average Bonchev–Trinajstić information content (AvgIpc) is 3.03. The number of hydrogen-bond acceptors (Lipinski definition) is 3. The van der Waals surface area contributed by atoms with Crippen LogP contribution in [0.4, 0.5) is 0 Å². The number of hydrogen-bond donors (Lipinski definition) is 0. The second-order valence-corrected chi connectivity index (χ2v) is 9.13. The Hall–Kier alpha value is -1.52. The van der Waals surface area contributed by atoms with Gasteiger partial charge >= 0.3 is 0 Å². The third-order valence-corrected chi connectivity index (χ3v) is 6.18. The Morgan fingerprint density at radius 3 is 2.88 bits per heavy atom. The molecule has 2 nitrogen and oxygen atoms in total. The summed E-state index contributed by atoms with van der Waals surface area (Å²) in [6.45, 7) is 4.66. The van der Waals surface area contributed by atoms with E-state index in [0.29, 0.717) is 5.41 Å². The van der Waals surface area contributed by atoms with E-state index in [1.54, 1.807) is 11.3 Å². The van der Waals surface area contributed by atoms with Gasteiger partial charge in [-0.1, -0.05) is 48.0 Å². The van der Waals surface area contributed by atoms with Gasteiger partial charge in [-0.15, -0.1) is 11.3 Å². The summed E-state index contributed by atoms with van der Waals surface area (Å²) >= 11 is 5.24. The van der Waals surface area contributed by atoms with Crippen LogP contribution in [0.3, 0.4) is 0 Å². The first-order chi connectivity index (χ1) is 11.5. The van der Waals surface area contributed by atoms with Crippen molar-refractivity contribution in [3.63, 3.8) is 0 Å². The van der Waals surface area contributed by atoms with E-state index in [0.717, 1.165) is 28.0 Å². The fourth-order valence-corrected chi connectivity index (χ4v) is 4.49. The van der Waals surface area contributed by atoms with Crippen molar-refractivity contribution in [3.05, 3.63) is 58.3 Å². The minimum Gasteiger partial charge on any atom is -0.250 e. The van der Waals surface area contributed by atoms with Crippen molar-refractivity contribution in [3.8, 4) is 21.1 Å². The number of fused-ring (bicyclic) bond motifs is 1. The molecule has 0 aliphatic heterocycles. The van der Waals surface area contributed by atoms with Gasteiger partial charge in [0.2, 0.25) is 0 Å². The van der Waals surface area contributed by atoms with Crippen LogP contribution in [0.25, 0.3) is 21.1 Å². The molecule has 0 radical (unpaired) electrons. The molecule has 1 aliphatic rings. The fourth-order valence-electron chi connectivity index (χ4n) is 3.21. The molecule has 4 heteroatoms. The van der Waals surface area contributed by atoms with Crippen LogP contribution in [0.2, 0.25) is 0 Å². The van der Waals surface area contributed by atoms with Crippen molar-refractivity contribution in [1.29, 1.82) is 0 Å². The Labute approximate surface area is 155 Å². The molecule has 0 atom stereocenters. The molecule has 1 aromatic carbocycles. The summed E-state index contributed by atoms with van der Waals surface area (Å²) in [7, 11) is 0. The highest BCUT2D eigenvalue weighted by atomic mass is 79.9. The molecular weight excluding hydrogens is 380 g/mol. The highest BCUT2D eigenvalue weighted by Gasteiger charge is 2.26. The molecule has 3 aromatic rings. The van der Waals surface area contributed by atoms with E-state index in [2.05, 4.69) is 65.1 Å². The Morgan fingerprint density at radius 2 is 2.04 bits per heavy atom. The van der Waals surface area contributed by atoms with Crippen LogP contribution in [0.1, 0.15) is 31.5 Å². The van der Waals surface area contributed by atoms with Crippen LogP contribution in [-0.2, 0) is 12.8 Å². The maximum absolute atomic E-state index is 4.94. The molecule has 0 fully saturated rings. The summed E-state index contributed by atoms with van der Waals surface area (Å²) in [5.74, 6) is 0. The first kappa shape index (κ1) is 16.0. The van der Waals surface area contributed by atoms with Gasteiger partial charge in [-0.3, -0.25) is 4.98 Å². The van der Waals surface area contributed by atoms with Gasteiger partial charge in [0.25, 0.3) is 0 Å². The van der Waals surface area contributed by atoms with E-state index in [4.69, 9.17) is 4.98 Å². The number of aryl methyl sites for hydroxylation is 1. The van der Waals surface area contributed by atoms with Crippen molar-refractivity contribution >= 4 is 27.3 Å². The standard InChI is InChI=1S/C20H19BrN2S/c1-20(2)9-8-13-6-7-16(23-17(13)11-20)19-22-12-18(24-19)14-4-3-5-15(21)10-14/h3-7,10,12H,8-9,11H2,1-2H3. The van der Waals surface area contributed by atoms with E-state index in [-0.39, 0.29) is 0 Å². The number of benzene rings is 1. The highest BCUT2D eigenvalue weighted by molar-refractivity contribution is 9.10. The van der Waals surface area contributed by atoms with E-state index >= 15 is 0 Å². The zero-order valence-electron chi connectivity index (χ0n) is 13.8. The highest BCUT2D eigenvalue weighted by Crippen LogP contribution is 2.36. The molecular formula is C20H19BrN2S. The monoisotopic (exact) mass is 398 g/mol. The maximum atomic E-state index is 4.94. The van der Waals surface area contributed by atoms with Crippen LogP contribution in [0, 0.1) is 5.41 Å². The molecule has 122 valence electrons. The Morgan fingerprint density at radius 1 is 1.17 bits per heavy atom. The van der Waals surface area contributed by atoms with Gasteiger partial charge in [-0.05, 0) is 54.0 Å². The first-order valence-electron chi connectivity index (χ1n) is 8.21. The van der Waals surface area contributed by atoms with Crippen LogP contribution in [0.15, 0.2) is 47.1 Å². The molecule has 0 saturated heterocycles. The number of thiazole rings is 1.